The van der Waals surface area contributed by atoms with Gasteiger partial charge in [-0.25, -0.2) is 9.78 Å². The molecule has 1 aromatic carbocycles. The van der Waals surface area contributed by atoms with E-state index in [0.717, 1.165) is 11.1 Å². The number of nitrogens with zero attached hydrogens (tertiary/aromatic N) is 3. The molecule has 150 valence electrons. The van der Waals surface area contributed by atoms with Gasteiger partial charge in [0.25, 0.3) is 5.56 Å². The summed E-state index contributed by atoms with van der Waals surface area (Å²) in [6.07, 6.45) is 3.53. The molecule has 2 atom stereocenters. The topological polar surface area (TPSA) is 84.7 Å². The molecule has 0 bridgehead atoms. The molecule has 1 aliphatic heterocycles. The Morgan fingerprint density at radius 1 is 1.29 bits per heavy atom. The molecule has 1 saturated heterocycles. The fourth-order valence-corrected chi connectivity index (χ4v) is 3.45. The highest BCUT2D eigenvalue weighted by Gasteiger charge is 2.33. The Morgan fingerprint density at radius 2 is 1.96 bits per heavy atom. The second kappa shape index (κ2) is 7.75. The van der Waals surface area contributed by atoms with Gasteiger partial charge in [0.05, 0.1) is 23.5 Å². The number of amides is 1. The van der Waals surface area contributed by atoms with Crippen molar-refractivity contribution >= 4 is 6.09 Å². The Morgan fingerprint density at radius 3 is 2.54 bits per heavy atom. The van der Waals surface area contributed by atoms with E-state index in [1.54, 1.807) is 32.0 Å². The van der Waals surface area contributed by atoms with Gasteiger partial charge in [-0.15, -0.1) is 0 Å². The van der Waals surface area contributed by atoms with E-state index in [9.17, 15) is 14.7 Å². The number of aromatic nitrogens is 2. The van der Waals surface area contributed by atoms with Crippen LogP contribution in [0.4, 0.5) is 4.79 Å². The van der Waals surface area contributed by atoms with Gasteiger partial charge in [0, 0.05) is 38.2 Å². The highest BCUT2D eigenvalue weighted by atomic mass is 16.6. The van der Waals surface area contributed by atoms with Gasteiger partial charge >= 0.3 is 6.09 Å². The number of hydrogen-bond donors (Lipinski definition) is 1. The van der Waals surface area contributed by atoms with Crippen molar-refractivity contribution in [3.8, 4) is 11.3 Å². The lowest BCUT2D eigenvalue weighted by Crippen LogP contribution is -2.45. The van der Waals surface area contributed by atoms with Gasteiger partial charge in [0.2, 0.25) is 0 Å². The summed E-state index contributed by atoms with van der Waals surface area (Å²) in [6.45, 7) is 6.00. The van der Waals surface area contributed by atoms with Gasteiger partial charge in [-0.2, -0.15) is 0 Å². The first kappa shape index (κ1) is 20.1. The van der Waals surface area contributed by atoms with Crippen molar-refractivity contribution < 1.29 is 14.6 Å². The van der Waals surface area contributed by atoms with Crippen LogP contribution < -0.4 is 5.56 Å². The van der Waals surface area contributed by atoms with Crippen LogP contribution in [0.2, 0.25) is 0 Å². The highest BCUT2D eigenvalue weighted by Crippen LogP contribution is 2.29. The summed E-state index contributed by atoms with van der Waals surface area (Å²) in [5.74, 6) is 0. The van der Waals surface area contributed by atoms with Crippen LogP contribution in [-0.2, 0) is 11.8 Å². The third-order valence-corrected chi connectivity index (χ3v) is 5.06. The van der Waals surface area contributed by atoms with Gasteiger partial charge in [-0.3, -0.25) is 4.79 Å². The van der Waals surface area contributed by atoms with Gasteiger partial charge in [0.15, 0.2) is 0 Å². The monoisotopic (exact) mass is 385 g/mol. The van der Waals surface area contributed by atoms with E-state index in [-0.39, 0.29) is 23.8 Å². The number of benzene rings is 1. The number of aryl methyl sites for hydroxylation is 1. The number of hydrogen-bond acceptors (Lipinski definition) is 5. The molecule has 28 heavy (non-hydrogen) atoms. The summed E-state index contributed by atoms with van der Waals surface area (Å²) in [6, 6.07) is 7.67. The first-order valence-corrected chi connectivity index (χ1v) is 9.47. The minimum atomic E-state index is -0.858. The van der Waals surface area contributed by atoms with E-state index in [2.05, 4.69) is 4.98 Å². The number of carbonyl (C=O) groups excluding carboxylic acids is 1. The molecule has 1 aromatic heterocycles. The van der Waals surface area contributed by atoms with Crippen molar-refractivity contribution in [1.29, 1.82) is 0 Å². The molecule has 0 spiro atoms. The standard InChI is InChI=1S/C21H27N3O4/c1-14(24-10-9-17(28-20(24)26)11-21(2,3)27)15-5-7-16(8-6-15)18-13-23(4)19(25)12-22-18/h5-8,12-14,17,27H,9-11H2,1-4H3. The van der Waals surface area contributed by atoms with Crippen molar-refractivity contribution in [2.45, 2.75) is 51.4 Å². The summed E-state index contributed by atoms with van der Waals surface area (Å²) in [4.78, 5) is 29.8. The van der Waals surface area contributed by atoms with E-state index in [1.807, 2.05) is 31.2 Å². The molecule has 0 radical (unpaired) electrons. The molecule has 7 heteroatoms. The Hall–Kier alpha value is -2.67. The zero-order valence-electron chi connectivity index (χ0n) is 16.8. The van der Waals surface area contributed by atoms with Crippen LogP contribution in [-0.4, -0.2) is 43.9 Å². The number of aliphatic hydroxyl groups is 1. The summed E-state index contributed by atoms with van der Waals surface area (Å²) in [7, 11) is 1.69. The molecule has 2 aromatic rings. The summed E-state index contributed by atoms with van der Waals surface area (Å²) >= 11 is 0. The van der Waals surface area contributed by atoms with Crippen molar-refractivity contribution in [3.05, 3.63) is 52.6 Å². The Labute approximate surface area is 164 Å². The molecule has 1 N–H and O–H groups in total. The fraction of sp³-hybridized carbons (Fsp3) is 0.476. The molecule has 2 unspecified atom stereocenters. The van der Waals surface area contributed by atoms with Crippen molar-refractivity contribution in [2.24, 2.45) is 7.05 Å². The van der Waals surface area contributed by atoms with Crippen molar-refractivity contribution in [1.82, 2.24) is 14.5 Å². The van der Waals surface area contributed by atoms with Crippen molar-refractivity contribution in [2.75, 3.05) is 6.54 Å². The maximum atomic E-state index is 12.4. The van der Waals surface area contributed by atoms with Gasteiger partial charge in [0.1, 0.15) is 6.10 Å². The lowest BCUT2D eigenvalue weighted by molar-refractivity contribution is -0.0309. The van der Waals surface area contributed by atoms with Crippen LogP contribution >= 0.6 is 0 Å². The first-order chi connectivity index (χ1) is 13.1. The molecular weight excluding hydrogens is 358 g/mol. The number of rotatable bonds is 5. The number of carbonyl (C=O) groups is 1. The molecular formula is C21H27N3O4. The predicted octanol–water partition coefficient (Wildman–Crippen LogP) is 2.88. The maximum absolute atomic E-state index is 12.4. The van der Waals surface area contributed by atoms with Crippen LogP contribution in [0, 0.1) is 0 Å². The normalized spacial score (nSPS) is 18.7. The minimum absolute atomic E-state index is 0.127. The zero-order valence-corrected chi connectivity index (χ0v) is 16.8. The van der Waals surface area contributed by atoms with Crippen LogP contribution in [0.15, 0.2) is 41.5 Å². The molecule has 1 aliphatic rings. The Kier molecular flexibility index (Phi) is 5.56. The van der Waals surface area contributed by atoms with Crippen LogP contribution in [0.1, 0.15) is 45.2 Å². The lowest BCUT2D eigenvalue weighted by Gasteiger charge is -2.37. The second-order valence-electron chi connectivity index (χ2n) is 8.02. The van der Waals surface area contributed by atoms with E-state index in [0.29, 0.717) is 25.1 Å². The molecule has 0 saturated carbocycles. The average Bonchev–Trinajstić information content (AvgIpc) is 2.62. The van der Waals surface area contributed by atoms with Crippen LogP contribution in [0.5, 0.6) is 0 Å². The number of ether oxygens (including phenoxy) is 1. The van der Waals surface area contributed by atoms with E-state index in [1.165, 1.54) is 10.8 Å². The highest BCUT2D eigenvalue weighted by molar-refractivity contribution is 5.69. The zero-order chi connectivity index (χ0) is 20.5. The van der Waals surface area contributed by atoms with Gasteiger partial charge in [-0.1, -0.05) is 24.3 Å². The van der Waals surface area contributed by atoms with Crippen molar-refractivity contribution in [3.63, 3.8) is 0 Å². The van der Waals surface area contributed by atoms with Crippen LogP contribution in [0.25, 0.3) is 11.3 Å². The molecule has 2 heterocycles. The largest absolute Gasteiger partial charge is 0.446 e. The van der Waals surface area contributed by atoms with Gasteiger partial charge < -0.3 is 19.3 Å². The fourth-order valence-electron chi connectivity index (χ4n) is 3.45. The second-order valence-corrected chi connectivity index (χ2v) is 8.02. The predicted molar refractivity (Wildman–Crippen MR) is 106 cm³/mol. The summed E-state index contributed by atoms with van der Waals surface area (Å²) in [5, 5.41) is 9.93. The Balaban J connectivity index is 1.69. The van der Waals surface area contributed by atoms with Gasteiger partial charge in [-0.05, 0) is 26.3 Å². The SMILES string of the molecule is CC(c1ccc(-c2cn(C)c(=O)cn2)cc1)N1CCC(CC(C)(C)O)OC1=O. The maximum Gasteiger partial charge on any atom is 0.410 e. The molecule has 3 rings (SSSR count). The van der Waals surface area contributed by atoms with E-state index >= 15 is 0 Å². The molecule has 7 nitrogen and oxygen atoms in total. The van der Waals surface area contributed by atoms with Crippen LogP contribution in [0.3, 0.4) is 0 Å². The smallest absolute Gasteiger partial charge is 0.410 e. The molecule has 1 fully saturated rings. The van der Waals surface area contributed by atoms with E-state index < -0.39 is 5.60 Å². The number of cyclic esters (lactones) is 1. The first-order valence-electron chi connectivity index (χ1n) is 9.47. The third kappa shape index (κ3) is 4.59. The molecule has 0 aliphatic carbocycles. The average molecular weight is 385 g/mol. The third-order valence-electron chi connectivity index (χ3n) is 5.06. The summed E-state index contributed by atoms with van der Waals surface area (Å²) in [5.41, 5.74) is 1.60. The van der Waals surface area contributed by atoms with E-state index in [4.69, 9.17) is 4.74 Å². The molecule has 1 amide bonds. The lowest BCUT2D eigenvalue weighted by atomic mass is 9.97. The quantitative estimate of drug-likeness (QED) is 0.855. The minimum Gasteiger partial charge on any atom is -0.446 e. The summed E-state index contributed by atoms with van der Waals surface area (Å²) < 4.78 is 7.01. The Bertz CT molecular complexity index is 899.